The van der Waals surface area contributed by atoms with Crippen LogP contribution in [0.3, 0.4) is 0 Å². The van der Waals surface area contributed by atoms with E-state index in [4.69, 9.17) is 9.47 Å². The van der Waals surface area contributed by atoms with Gasteiger partial charge in [0, 0.05) is 19.2 Å². The Morgan fingerprint density at radius 2 is 1.78 bits per heavy atom. The van der Waals surface area contributed by atoms with Crippen molar-refractivity contribution < 1.29 is 27.5 Å². The van der Waals surface area contributed by atoms with Crippen molar-refractivity contribution in [1.29, 1.82) is 0 Å². The van der Waals surface area contributed by atoms with Crippen LogP contribution in [0.2, 0.25) is 0 Å². The molecule has 1 atom stereocenters. The highest BCUT2D eigenvalue weighted by Crippen LogP contribution is 2.34. The van der Waals surface area contributed by atoms with E-state index in [1.54, 1.807) is 12.1 Å². The standard InChI is InChI=1S/C26H37N3O6S/c1-7-14-27-26(31)22(8-2)28(17-20-11-9-10-19(3)15-20)25(30)18-29(36(6,32)33)23-16-21(34-4)12-13-24(23)35-5/h9-13,15-16,22H,7-8,14,17-18H2,1-6H3,(H,27,31)/t22-/m0/s1. The van der Waals surface area contributed by atoms with E-state index in [9.17, 15) is 18.0 Å². The number of carbonyl (C=O) groups is 2. The molecule has 0 aromatic heterocycles. The van der Waals surface area contributed by atoms with Crippen molar-refractivity contribution in [3.05, 3.63) is 53.6 Å². The van der Waals surface area contributed by atoms with Gasteiger partial charge >= 0.3 is 0 Å². The van der Waals surface area contributed by atoms with Gasteiger partial charge in [-0.15, -0.1) is 0 Å². The van der Waals surface area contributed by atoms with Crippen LogP contribution in [0.5, 0.6) is 11.5 Å². The molecule has 0 saturated heterocycles. The molecule has 0 spiro atoms. The number of ether oxygens (including phenoxy) is 2. The molecule has 9 nitrogen and oxygen atoms in total. The van der Waals surface area contributed by atoms with E-state index in [1.165, 1.54) is 25.2 Å². The Hall–Kier alpha value is -3.27. The van der Waals surface area contributed by atoms with Crippen LogP contribution in [-0.2, 0) is 26.2 Å². The summed E-state index contributed by atoms with van der Waals surface area (Å²) in [5.74, 6) is -0.101. The smallest absolute Gasteiger partial charge is 0.244 e. The Morgan fingerprint density at radius 1 is 1.06 bits per heavy atom. The van der Waals surface area contributed by atoms with Crippen molar-refractivity contribution in [1.82, 2.24) is 10.2 Å². The van der Waals surface area contributed by atoms with Crippen LogP contribution in [0, 0.1) is 6.92 Å². The van der Waals surface area contributed by atoms with E-state index in [1.807, 2.05) is 45.0 Å². The van der Waals surface area contributed by atoms with Crippen LogP contribution < -0.4 is 19.1 Å². The molecular weight excluding hydrogens is 482 g/mol. The topological polar surface area (TPSA) is 105 Å². The molecule has 0 bridgehead atoms. The van der Waals surface area contributed by atoms with Gasteiger partial charge in [-0.2, -0.15) is 0 Å². The molecule has 0 unspecified atom stereocenters. The van der Waals surface area contributed by atoms with Crippen LogP contribution >= 0.6 is 0 Å². The Kier molecular flexibility index (Phi) is 10.6. The van der Waals surface area contributed by atoms with Gasteiger partial charge in [0.25, 0.3) is 0 Å². The van der Waals surface area contributed by atoms with Gasteiger partial charge in [-0.3, -0.25) is 13.9 Å². The molecular formula is C26H37N3O6S. The third-order valence-electron chi connectivity index (χ3n) is 5.70. The van der Waals surface area contributed by atoms with Crippen LogP contribution in [0.15, 0.2) is 42.5 Å². The average Bonchev–Trinajstić information content (AvgIpc) is 2.84. The number of carbonyl (C=O) groups excluding carboxylic acids is 2. The van der Waals surface area contributed by atoms with Crippen LogP contribution in [-0.4, -0.2) is 64.7 Å². The number of sulfonamides is 1. The number of nitrogens with zero attached hydrogens (tertiary/aromatic N) is 2. The predicted octanol–water partition coefficient (Wildman–Crippen LogP) is 3.11. The van der Waals surface area contributed by atoms with Gasteiger partial charge in [0.1, 0.15) is 24.1 Å². The zero-order valence-corrected chi connectivity index (χ0v) is 22.7. The lowest BCUT2D eigenvalue weighted by molar-refractivity contribution is -0.140. The lowest BCUT2D eigenvalue weighted by atomic mass is 10.1. The molecule has 0 saturated carbocycles. The molecule has 0 aliphatic rings. The molecule has 2 aromatic rings. The second-order valence-corrected chi connectivity index (χ2v) is 10.4. The average molecular weight is 520 g/mol. The van der Waals surface area contributed by atoms with E-state index < -0.39 is 28.5 Å². The van der Waals surface area contributed by atoms with E-state index in [0.717, 1.165) is 28.1 Å². The highest BCUT2D eigenvalue weighted by molar-refractivity contribution is 7.92. The van der Waals surface area contributed by atoms with E-state index in [0.29, 0.717) is 18.7 Å². The fourth-order valence-corrected chi connectivity index (χ4v) is 4.72. The van der Waals surface area contributed by atoms with Gasteiger partial charge in [-0.1, -0.05) is 43.7 Å². The monoisotopic (exact) mass is 519 g/mol. The summed E-state index contributed by atoms with van der Waals surface area (Å²) in [6, 6.07) is 11.6. The Bertz CT molecular complexity index is 1150. The molecule has 2 rings (SSSR count). The summed E-state index contributed by atoms with van der Waals surface area (Å²) in [6.07, 6.45) is 2.15. The minimum absolute atomic E-state index is 0.158. The molecule has 0 aliphatic heterocycles. The molecule has 0 heterocycles. The summed E-state index contributed by atoms with van der Waals surface area (Å²) in [6.45, 7) is 5.85. The van der Waals surface area contributed by atoms with Crippen molar-refractivity contribution in [3.8, 4) is 11.5 Å². The fourth-order valence-electron chi connectivity index (χ4n) is 3.88. The summed E-state index contributed by atoms with van der Waals surface area (Å²) in [5, 5.41) is 2.86. The summed E-state index contributed by atoms with van der Waals surface area (Å²) in [5.41, 5.74) is 2.03. The first-order valence-electron chi connectivity index (χ1n) is 11.9. The summed E-state index contributed by atoms with van der Waals surface area (Å²) in [4.78, 5) is 28.2. The Balaban J connectivity index is 2.51. The third kappa shape index (κ3) is 7.61. The molecule has 0 radical (unpaired) electrons. The van der Waals surface area contributed by atoms with Crippen molar-refractivity contribution in [2.45, 2.75) is 46.2 Å². The van der Waals surface area contributed by atoms with Crippen LogP contribution in [0.1, 0.15) is 37.8 Å². The van der Waals surface area contributed by atoms with Crippen molar-refractivity contribution in [2.75, 3.05) is 37.9 Å². The second-order valence-electron chi connectivity index (χ2n) is 8.53. The predicted molar refractivity (Wildman–Crippen MR) is 141 cm³/mol. The quantitative estimate of drug-likeness (QED) is 0.436. The molecule has 198 valence electrons. The lowest BCUT2D eigenvalue weighted by Gasteiger charge is -2.33. The number of amides is 2. The molecule has 0 aliphatic carbocycles. The molecule has 2 aromatic carbocycles. The van der Waals surface area contributed by atoms with Gasteiger partial charge in [0.2, 0.25) is 21.8 Å². The lowest BCUT2D eigenvalue weighted by Crippen LogP contribution is -2.52. The third-order valence-corrected chi connectivity index (χ3v) is 6.83. The molecule has 36 heavy (non-hydrogen) atoms. The van der Waals surface area contributed by atoms with Gasteiger partial charge in [-0.25, -0.2) is 8.42 Å². The maximum Gasteiger partial charge on any atom is 0.244 e. The number of hydrogen-bond donors (Lipinski definition) is 1. The summed E-state index contributed by atoms with van der Waals surface area (Å²) >= 11 is 0. The summed E-state index contributed by atoms with van der Waals surface area (Å²) < 4.78 is 37.3. The SMILES string of the molecule is CCCNC(=O)[C@H](CC)N(Cc1cccc(C)c1)C(=O)CN(c1cc(OC)ccc1OC)S(C)(=O)=O. The van der Waals surface area contributed by atoms with Crippen molar-refractivity contribution in [2.24, 2.45) is 0 Å². The van der Waals surface area contributed by atoms with Crippen molar-refractivity contribution in [3.63, 3.8) is 0 Å². The second kappa shape index (κ2) is 13.2. The highest BCUT2D eigenvalue weighted by Gasteiger charge is 2.32. The maximum absolute atomic E-state index is 13.8. The minimum atomic E-state index is -3.90. The zero-order chi connectivity index (χ0) is 26.9. The van der Waals surface area contributed by atoms with Crippen LogP contribution in [0.4, 0.5) is 5.69 Å². The maximum atomic E-state index is 13.8. The van der Waals surface area contributed by atoms with E-state index in [-0.39, 0.29) is 23.9 Å². The number of benzene rings is 2. The first-order valence-corrected chi connectivity index (χ1v) is 13.7. The number of methoxy groups -OCH3 is 2. The van der Waals surface area contributed by atoms with E-state index >= 15 is 0 Å². The minimum Gasteiger partial charge on any atom is -0.497 e. The molecule has 1 N–H and O–H groups in total. The number of rotatable bonds is 13. The first kappa shape index (κ1) is 29.0. The molecule has 0 fully saturated rings. The normalized spacial score (nSPS) is 11.9. The first-order chi connectivity index (χ1) is 17.0. The van der Waals surface area contributed by atoms with E-state index in [2.05, 4.69) is 5.32 Å². The van der Waals surface area contributed by atoms with Crippen molar-refractivity contribution >= 4 is 27.5 Å². The van der Waals surface area contributed by atoms with Crippen LogP contribution in [0.25, 0.3) is 0 Å². The van der Waals surface area contributed by atoms with Gasteiger partial charge in [0.05, 0.1) is 26.2 Å². The highest BCUT2D eigenvalue weighted by atomic mass is 32.2. The van der Waals surface area contributed by atoms with Gasteiger partial charge in [-0.05, 0) is 37.5 Å². The number of hydrogen-bond acceptors (Lipinski definition) is 6. The number of nitrogens with one attached hydrogen (secondary N) is 1. The van der Waals surface area contributed by atoms with Gasteiger partial charge < -0.3 is 19.7 Å². The van der Waals surface area contributed by atoms with Gasteiger partial charge in [0.15, 0.2) is 0 Å². The Labute approximate surface area is 214 Å². The molecule has 2 amide bonds. The zero-order valence-electron chi connectivity index (χ0n) is 21.9. The number of anilines is 1. The Morgan fingerprint density at radius 3 is 2.33 bits per heavy atom. The largest absolute Gasteiger partial charge is 0.497 e. The number of aryl methyl sites for hydroxylation is 1. The summed E-state index contributed by atoms with van der Waals surface area (Å²) in [7, 11) is -1.02. The fraction of sp³-hybridized carbons (Fsp3) is 0.462. The molecule has 10 heteroatoms.